The van der Waals surface area contributed by atoms with Gasteiger partial charge in [-0.25, -0.2) is 0 Å². The van der Waals surface area contributed by atoms with Crippen LogP contribution < -0.4 is 5.32 Å². The van der Waals surface area contributed by atoms with E-state index in [0.29, 0.717) is 5.54 Å². The highest BCUT2D eigenvalue weighted by molar-refractivity contribution is 4.93. The third-order valence-corrected chi connectivity index (χ3v) is 4.98. The van der Waals surface area contributed by atoms with E-state index in [1.165, 1.54) is 58.2 Å². The lowest BCUT2D eigenvalue weighted by Crippen LogP contribution is -2.52. The van der Waals surface area contributed by atoms with Gasteiger partial charge in [0.15, 0.2) is 0 Å². The maximum absolute atomic E-state index is 3.81. The summed E-state index contributed by atoms with van der Waals surface area (Å²) in [5.74, 6) is 1.05. The molecule has 0 radical (unpaired) electrons. The molecule has 0 bridgehead atoms. The van der Waals surface area contributed by atoms with Crippen LogP contribution in [0.1, 0.15) is 59.3 Å². The van der Waals surface area contributed by atoms with Crippen molar-refractivity contribution in [2.75, 3.05) is 19.6 Å². The average Bonchev–Trinajstić information content (AvgIpc) is 3.15. The Morgan fingerprint density at radius 3 is 2.59 bits per heavy atom. The molecule has 2 aliphatic rings. The minimum absolute atomic E-state index is 0.383. The van der Waals surface area contributed by atoms with Crippen molar-refractivity contribution >= 4 is 0 Å². The predicted octanol–water partition coefficient (Wildman–Crippen LogP) is 3.03. The SMILES string of the molecule is CCC1(CC)CN(C(C)CC2CC2)CCCN1. The fourth-order valence-electron chi connectivity index (χ4n) is 3.24. The van der Waals surface area contributed by atoms with Crippen molar-refractivity contribution in [3.8, 4) is 0 Å². The first-order valence-corrected chi connectivity index (χ1v) is 7.68. The van der Waals surface area contributed by atoms with Crippen LogP contribution in [-0.4, -0.2) is 36.1 Å². The molecule has 1 unspecified atom stereocenters. The Morgan fingerprint density at radius 1 is 1.29 bits per heavy atom. The third-order valence-electron chi connectivity index (χ3n) is 4.98. The maximum atomic E-state index is 3.81. The van der Waals surface area contributed by atoms with Crippen LogP contribution in [0, 0.1) is 5.92 Å². The molecule has 2 fully saturated rings. The van der Waals surface area contributed by atoms with Gasteiger partial charge in [-0.15, -0.1) is 0 Å². The summed E-state index contributed by atoms with van der Waals surface area (Å²) in [7, 11) is 0. The number of hydrogen-bond acceptors (Lipinski definition) is 2. The Bertz CT molecular complexity index is 231. The topological polar surface area (TPSA) is 15.3 Å². The van der Waals surface area contributed by atoms with E-state index in [0.717, 1.165) is 12.0 Å². The smallest absolute Gasteiger partial charge is 0.0303 e. The Balaban J connectivity index is 1.94. The van der Waals surface area contributed by atoms with E-state index in [9.17, 15) is 0 Å². The van der Waals surface area contributed by atoms with Crippen LogP contribution >= 0.6 is 0 Å². The van der Waals surface area contributed by atoms with Crippen molar-refractivity contribution in [2.45, 2.75) is 70.9 Å². The normalized spacial score (nSPS) is 27.7. The summed E-state index contributed by atoms with van der Waals surface area (Å²) in [5.41, 5.74) is 0.383. The van der Waals surface area contributed by atoms with Gasteiger partial charge in [0.25, 0.3) is 0 Å². The first-order chi connectivity index (χ1) is 8.19. The van der Waals surface area contributed by atoms with E-state index < -0.39 is 0 Å². The molecular formula is C15H30N2. The van der Waals surface area contributed by atoms with Crippen LogP contribution in [0.3, 0.4) is 0 Å². The molecule has 2 rings (SSSR count). The van der Waals surface area contributed by atoms with Gasteiger partial charge in [-0.1, -0.05) is 26.7 Å². The van der Waals surface area contributed by atoms with Gasteiger partial charge < -0.3 is 5.32 Å². The van der Waals surface area contributed by atoms with Crippen LogP contribution in [0.25, 0.3) is 0 Å². The monoisotopic (exact) mass is 238 g/mol. The van der Waals surface area contributed by atoms with Crippen LogP contribution in [0.5, 0.6) is 0 Å². The van der Waals surface area contributed by atoms with Gasteiger partial charge in [-0.05, 0) is 51.6 Å². The molecule has 100 valence electrons. The molecule has 1 heterocycles. The van der Waals surface area contributed by atoms with Gasteiger partial charge in [0.1, 0.15) is 0 Å². The van der Waals surface area contributed by atoms with Crippen LogP contribution in [0.15, 0.2) is 0 Å². The Hall–Kier alpha value is -0.0800. The molecule has 1 saturated heterocycles. The summed E-state index contributed by atoms with van der Waals surface area (Å²) in [6.45, 7) is 10.9. The van der Waals surface area contributed by atoms with E-state index >= 15 is 0 Å². The van der Waals surface area contributed by atoms with Crippen molar-refractivity contribution in [1.29, 1.82) is 0 Å². The van der Waals surface area contributed by atoms with E-state index in [-0.39, 0.29) is 0 Å². The predicted molar refractivity (Wildman–Crippen MR) is 74.3 cm³/mol. The van der Waals surface area contributed by atoms with Crippen LogP contribution in [0.2, 0.25) is 0 Å². The Kier molecular flexibility index (Phi) is 4.48. The first kappa shape index (κ1) is 13.4. The standard InChI is InChI=1S/C15H30N2/c1-4-15(5-2)12-17(10-6-9-16-15)13(3)11-14-7-8-14/h13-14,16H,4-12H2,1-3H3. The van der Waals surface area contributed by atoms with Crippen molar-refractivity contribution < 1.29 is 0 Å². The third kappa shape index (κ3) is 3.45. The molecule has 1 aliphatic heterocycles. The van der Waals surface area contributed by atoms with Gasteiger partial charge in [0.2, 0.25) is 0 Å². The van der Waals surface area contributed by atoms with Gasteiger partial charge in [0.05, 0.1) is 0 Å². The van der Waals surface area contributed by atoms with Crippen LogP contribution in [-0.2, 0) is 0 Å². The summed E-state index contributed by atoms with van der Waals surface area (Å²) in [6.07, 6.45) is 8.25. The van der Waals surface area contributed by atoms with E-state index in [2.05, 4.69) is 31.0 Å². The lowest BCUT2D eigenvalue weighted by atomic mass is 9.91. The largest absolute Gasteiger partial charge is 0.310 e. The first-order valence-electron chi connectivity index (χ1n) is 7.68. The lowest BCUT2D eigenvalue weighted by Gasteiger charge is -2.38. The summed E-state index contributed by atoms with van der Waals surface area (Å²) >= 11 is 0. The Morgan fingerprint density at radius 2 is 2.00 bits per heavy atom. The highest BCUT2D eigenvalue weighted by Crippen LogP contribution is 2.35. The molecule has 0 amide bonds. The van der Waals surface area contributed by atoms with Gasteiger partial charge >= 0.3 is 0 Å². The molecule has 1 aliphatic carbocycles. The molecule has 1 saturated carbocycles. The minimum atomic E-state index is 0.383. The van der Waals surface area contributed by atoms with E-state index in [1.807, 2.05) is 0 Å². The fourth-order valence-corrected chi connectivity index (χ4v) is 3.24. The van der Waals surface area contributed by atoms with E-state index in [1.54, 1.807) is 0 Å². The summed E-state index contributed by atoms with van der Waals surface area (Å²) in [4.78, 5) is 2.76. The molecule has 2 heteroatoms. The van der Waals surface area contributed by atoms with Gasteiger partial charge in [-0.2, -0.15) is 0 Å². The molecule has 1 atom stereocenters. The molecule has 0 aromatic rings. The second-order valence-electron chi connectivity index (χ2n) is 6.27. The molecule has 0 spiro atoms. The second-order valence-corrected chi connectivity index (χ2v) is 6.27. The fraction of sp³-hybridized carbons (Fsp3) is 1.00. The van der Waals surface area contributed by atoms with Gasteiger partial charge in [-0.3, -0.25) is 4.90 Å². The second kappa shape index (κ2) is 5.71. The number of nitrogens with zero attached hydrogens (tertiary/aromatic N) is 1. The summed E-state index contributed by atoms with van der Waals surface area (Å²) < 4.78 is 0. The number of hydrogen-bond donors (Lipinski definition) is 1. The van der Waals surface area contributed by atoms with Gasteiger partial charge in [0, 0.05) is 18.1 Å². The zero-order valence-electron chi connectivity index (χ0n) is 12.0. The van der Waals surface area contributed by atoms with Crippen molar-refractivity contribution in [1.82, 2.24) is 10.2 Å². The molecular weight excluding hydrogens is 208 g/mol. The Labute approximate surface area is 107 Å². The lowest BCUT2D eigenvalue weighted by molar-refractivity contribution is 0.147. The van der Waals surface area contributed by atoms with Crippen molar-refractivity contribution in [3.05, 3.63) is 0 Å². The number of nitrogens with one attached hydrogen (secondary N) is 1. The quantitative estimate of drug-likeness (QED) is 0.792. The maximum Gasteiger partial charge on any atom is 0.0303 e. The zero-order valence-corrected chi connectivity index (χ0v) is 12.0. The molecule has 0 aromatic carbocycles. The molecule has 2 nitrogen and oxygen atoms in total. The average molecular weight is 238 g/mol. The van der Waals surface area contributed by atoms with E-state index in [4.69, 9.17) is 0 Å². The van der Waals surface area contributed by atoms with Crippen LogP contribution in [0.4, 0.5) is 0 Å². The highest BCUT2D eigenvalue weighted by atomic mass is 15.2. The zero-order chi connectivity index (χ0) is 12.3. The van der Waals surface area contributed by atoms with Crippen molar-refractivity contribution in [3.63, 3.8) is 0 Å². The minimum Gasteiger partial charge on any atom is -0.310 e. The highest BCUT2D eigenvalue weighted by Gasteiger charge is 2.33. The molecule has 1 N–H and O–H groups in total. The number of rotatable bonds is 5. The molecule has 17 heavy (non-hydrogen) atoms. The molecule has 0 aromatic heterocycles. The summed E-state index contributed by atoms with van der Waals surface area (Å²) in [5, 5.41) is 3.81. The summed E-state index contributed by atoms with van der Waals surface area (Å²) in [6, 6.07) is 0.792. The van der Waals surface area contributed by atoms with Crippen molar-refractivity contribution in [2.24, 2.45) is 5.92 Å².